The number of carboxylic acids is 1. The number of rotatable bonds is 4. The molecule has 1 saturated heterocycles. The summed E-state index contributed by atoms with van der Waals surface area (Å²) in [6, 6.07) is 4.57. The van der Waals surface area contributed by atoms with Crippen LogP contribution in [-0.2, 0) is 4.79 Å². The van der Waals surface area contributed by atoms with E-state index in [1.54, 1.807) is 23.1 Å². The van der Waals surface area contributed by atoms with Crippen LogP contribution in [0.15, 0.2) is 18.2 Å². The van der Waals surface area contributed by atoms with E-state index < -0.39 is 12.0 Å². The molecule has 5 nitrogen and oxygen atoms in total. The molecule has 2 fully saturated rings. The van der Waals surface area contributed by atoms with E-state index >= 15 is 0 Å². The highest BCUT2D eigenvalue weighted by Gasteiger charge is 2.41. The summed E-state index contributed by atoms with van der Waals surface area (Å²) in [5, 5.41) is 10.1. The summed E-state index contributed by atoms with van der Waals surface area (Å²) in [5.41, 5.74) is 0.321. The Labute approximate surface area is 144 Å². The SMILES string of the molecule is O=C(O)C(C1CC1)N1CCN(C(=O)c2c(Cl)cccc2Cl)CC1. The zero-order valence-corrected chi connectivity index (χ0v) is 14.1. The number of piperazine rings is 1. The van der Waals surface area contributed by atoms with Crippen molar-refractivity contribution in [2.45, 2.75) is 18.9 Å². The Morgan fingerprint density at radius 3 is 2.13 bits per heavy atom. The van der Waals surface area contributed by atoms with Gasteiger partial charge in [0, 0.05) is 26.2 Å². The van der Waals surface area contributed by atoms with Gasteiger partial charge in [-0.25, -0.2) is 0 Å². The van der Waals surface area contributed by atoms with Gasteiger partial charge < -0.3 is 10.0 Å². The minimum absolute atomic E-state index is 0.196. The van der Waals surface area contributed by atoms with Gasteiger partial charge in [-0.1, -0.05) is 29.3 Å². The highest BCUT2D eigenvalue weighted by molar-refractivity contribution is 6.39. The number of benzene rings is 1. The molecule has 1 N–H and O–H groups in total. The number of aliphatic carboxylic acids is 1. The average molecular weight is 357 g/mol. The second-order valence-corrected chi connectivity index (χ2v) is 6.86. The molecular weight excluding hydrogens is 339 g/mol. The maximum absolute atomic E-state index is 12.6. The predicted molar refractivity (Wildman–Crippen MR) is 88.1 cm³/mol. The van der Waals surface area contributed by atoms with Crippen molar-refractivity contribution in [3.8, 4) is 0 Å². The number of nitrogens with zero attached hydrogens (tertiary/aromatic N) is 2. The molecule has 1 aliphatic carbocycles. The average Bonchev–Trinajstić information content (AvgIpc) is 3.32. The van der Waals surface area contributed by atoms with E-state index in [9.17, 15) is 14.7 Å². The second kappa shape index (κ2) is 6.67. The highest BCUT2D eigenvalue weighted by atomic mass is 35.5. The van der Waals surface area contributed by atoms with Crippen molar-refractivity contribution in [3.05, 3.63) is 33.8 Å². The van der Waals surface area contributed by atoms with Gasteiger partial charge in [0.1, 0.15) is 6.04 Å². The van der Waals surface area contributed by atoms with Gasteiger partial charge in [0.05, 0.1) is 15.6 Å². The molecule has 1 aromatic rings. The molecule has 1 unspecified atom stereocenters. The van der Waals surface area contributed by atoms with Crippen LogP contribution in [0.4, 0.5) is 0 Å². The van der Waals surface area contributed by atoms with Crippen molar-refractivity contribution in [3.63, 3.8) is 0 Å². The van der Waals surface area contributed by atoms with Gasteiger partial charge in [0.2, 0.25) is 0 Å². The second-order valence-electron chi connectivity index (χ2n) is 6.05. The smallest absolute Gasteiger partial charge is 0.321 e. The van der Waals surface area contributed by atoms with Gasteiger partial charge in [-0.3, -0.25) is 14.5 Å². The molecule has 23 heavy (non-hydrogen) atoms. The molecule has 1 atom stereocenters. The summed E-state index contributed by atoms with van der Waals surface area (Å²) in [6.45, 7) is 2.08. The summed E-state index contributed by atoms with van der Waals surface area (Å²) in [7, 11) is 0. The minimum Gasteiger partial charge on any atom is -0.480 e. The van der Waals surface area contributed by atoms with E-state index in [4.69, 9.17) is 23.2 Å². The monoisotopic (exact) mass is 356 g/mol. The highest BCUT2D eigenvalue weighted by Crippen LogP contribution is 2.36. The van der Waals surface area contributed by atoms with Gasteiger partial charge in [-0.2, -0.15) is 0 Å². The maximum Gasteiger partial charge on any atom is 0.321 e. The van der Waals surface area contributed by atoms with Crippen LogP contribution in [0, 0.1) is 5.92 Å². The van der Waals surface area contributed by atoms with Crippen LogP contribution < -0.4 is 0 Å². The molecule has 1 heterocycles. The molecule has 1 aliphatic heterocycles. The molecule has 0 radical (unpaired) electrons. The third-order valence-electron chi connectivity index (χ3n) is 4.49. The van der Waals surface area contributed by atoms with Crippen LogP contribution in [0.2, 0.25) is 10.0 Å². The molecule has 1 amide bonds. The Morgan fingerprint density at radius 1 is 1.09 bits per heavy atom. The van der Waals surface area contributed by atoms with Gasteiger partial charge in [0.25, 0.3) is 5.91 Å². The number of carboxylic acid groups (broad SMARTS) is 1. The molecule has 1 aromatic carbocycles. The summed E-state index contributed by atoms with van der Waals surface area (Å²) in [6.07, 6.45) is 1.96. The molecule has 0 spiro atoms. The first-order chi connectivity index (χ1) is 11.0. The molecule has 0 aromatic heterocycles. The fourth-order valence-electron chi connectivity index (χ4n) is 3.13. The Balaban J connectivity index is 1.67. The Kier molecular flexibility index (Phi) is 4.80. The molecule has 2 aliphatic rings. The topological polar surface area (TPSA) is 60.9 Å². The number of amides is 1. The molecular formula is C16H18Cl2N2O3. The Morgan fingerprint density at radius 2 is 1.65 bits per heavy atom. The van der Waals surface area contributed by atoms with Crippen molar-refractivity contribution in [2.75, 3.05) is 26.2 Å². The normalized spacial score (nSPS) is 20.3. The van der Waals surface area contributed by atoms with E-state index in [1.807, 2.05) is 4.90 Å². The van der Waals surface area contributed by atoms with Gasteiger partial charge in [0.15, 0.2) is 0 Å². The number of hydrogen-bond acceptors (Lipinski definition) is 3. The standard InChI is InChI=1S/C16H18Cl2N2O3/c17-11-2-1-3-12(18)13(11)15(21)20-8-6-19(7-9-20)14(16(22)23)10-4-5-10/h1-3,10,14H,4-9H2,(H,22,23). The van der Waals surface area contributed by atoms with E-state index in [-0.39, 0.29) is 11.8 Å². The first-order valence-corrected chi connectivity index (χ1v) is 8.44. The van der Waals surface area contributed by atoms with Crippen molar-refractivity contribution in [2.24, 2.45) is 5.92 Å². The quantitative estimate of drug-likeness (QED) is 0.900. The van der Waals surface area contributed by atoms with Crippen LogP contribution in [0.1, 0.15) is 23.2 Å². The Bertz CT molecular complexity index is 606. The van der Waals surface area contributed by atoms with E-state index in [0.717, 1.165) is 12.8 Å². The zero-order chi connectivity index (χ0) is 16.6. The van der Waals surface area contributed by atoms with Crippen LogP contribution >= 0.6 is 23.2 Å². The van der Waals surface area contributed by atoms with E-state index in [2.05, 4.69) is 0 Å². The van der Waals surface area contributed by atoms with Gasteiger partial charge >= 0.3 is 5.97 Å². The van der Waals surface area contributed by atoms with Crippen LogP contribution in [0.3, 0.4) is 0 Å². The van der Waals surface area contributed by atoms with Crippen LogP contribution in [-0.4, -0.2) is 59.0 Å². The fourth-order valence-corrected chi connectivity index (χ4v) is 3.69. The largest absolute Gasteiger partial charge is 0.480 e. The molecule has 0 bridgehead atoms. The number of halogens is 2. The molecule has 1 saturated carbocycles. The van der Waals surface area contributed by atoms with E-state index in [0.29, 0.717) is 41.8 Å². The molecule has 3 rings (SSSR count). The number of carbonyl (C=O) groups excluding carboxylic acids is 1. The maximum atomic E-state index is 12.6. The predicted octanol–water partition coefficient (Wildman–Crippen LogP) is 2.61. The number of carbonyl (C=O) groups is 2. The van der Waals surface area contributed by atoms with Crippen molar-refractivity contribution < 1.29 is 14.7 Å². The molecule has 124 valence electrons. The third kappa shape index (κ3) is 3.47. The minimum atomic E-state index is -0.763. The summed E-state index contributed by atoms with van der Waals surface area (Å²) in [4.78, 5) is 27.7. The number of hydrogen-bond donors (Lipinski definition) is 1. The Hall–Kier alpha value is -1.30. The van der Waals surface area contributed by atoms with Crippen molar-refractivity contribution >= 4 is 35.1 Å². The first-order valence-electron chi connectivity index (χ1n) is 7.69. The molecule has 7 heteroatoms. The zero-order valence-electron chi connectivity index (χ0n) is 12.5. The van der Waals surface area contributed by atoms with Gasteiger partial charge in [-0.05, 0) is 30.9 Å². The lowest BCUT2D eigenvalue weighted by Gasteiger charge is -2.38. The van der Waals surface area contributed by atoms with Crippen molar-refractivity contribution in [1.29, 1.82) is 0 Å². The lowest BCUT2D eigenvalue weighted by molar-refractivity contribution is -0.144. The summed E-state index contributed by atoms with van der Waals surface area (Å²) >= 11 is 12.2. The van der Waals surface area contributed by atoms with Gasteiger partial charge in [-0.15, -0.1) is 0 Å². The van der Waals surface area contributed by atoms with Crippen molar-refractivity contribution in [1.82, 2.24) is 9.80 Å². The van der Waals surface area contributed by atoms with E-state index in [1.165, 1.54) is 0 Å². The summed E-state index contributed by atoms with van der Waals surface area (Å²) in [5.74, 6) is -0.701. The lowest BCUT2D eigenvalue weighted by Crippen LogP contribution is -2.54. The van der Waals surface area contributed by atoms with Crippen LogP contribution in [0.25, 0.3) is 0 Å². The lowest BCUT2D eigenvalue weighted by atomic mass is 10.1. The fraction of sp³-hybridized carbons (Fsp3) is 0.500. The van der Waals surface area contributed by atoms with Crippen LogP contribution in [0.5, 0.6) is 0 Å². The summed E-state index contributed by atoms with van der Waals surface area (Å²) < 4.78 is 0. The first kappa shape index (κ1) is 16.6. The third-order valence-corrected chi connectivity index (χ3v) is 5.12.